The largest absolute Gasteiger partial charge is 0.338 e. The molecule has 0 unspecified atom stereocenters. The summed E-state index contributed by atoms with van der Waals surface area (Å²) in [5.41, 5.74) is 1.05. The van der Waals surface area contributed by atoms with E-state index in [0.29, 0.717) is 17.4 Å². The molecule has 1 fully saturated rings. The molecule has 0 spiro atoms. The highest BCUT2D eigenvalue weighted by atomic mass is 79.9. The number of halogens is 2. The van der Waals surface area contributed by atoms with Crippen LogP contribution in [-0.4, -0.2) is 17.4 Å². The third kappa shape index (κ3) is 4.03. The maximum absolute atomic E-state index is 13.3. The van der Waals surface area contributed by atoms with Gasteiger partial charge < -0.3 is 4.90 Å². The van der Waals surface area contributed by atoms with E-state index in [-0.39, 0.29) is 17.1 Å². The molecule has 1 aliphatic heterocycles. The molecule has 0 aromatic heterocycles. The zero-order chi connectivity index (χ0) is 14.0. The number of rotatable bonds is 2. The first-order valence-corrected chi connectivity index (χ1v) is 7.38. The minimum Gasteiger partial charge on any atom is -0.338 e. The van der Waals surface area contributed by atoms with Gasteiger partial charge in [-0.15, -0.1) is 0 Å². The van der Waals surface area contributed by atoms with Gasteiger partial charge in [0, 0.05) is 24.0 Å². The van der Waals surface area contributed by atoms with E-state index >= 15 is 0 Å². The smallest absolute Gasteiger partial charge is 0.222 e. The highest BCUT2D eigenvalue weighted by Crippen LogP contribution is 2.31. The van der Waals surface area contributed by atoms with Crippen molar-refractivity contribution < 1.29 is 9.18 Å². The quantitative estimate of drug-likeness (QED) is 0.799. The number of carbonyl (C=O) groups excluding carboxylic acids is 1. The van der Waals surface area contributed by atoms with E-state index in [4.69, 9.17) is 0 Å². The first-order chi connectivity index (χ1) is 8.85. The molecule has 1 heterocycles. The van der Waals surface area contributed by atoms with Crippen molar-refractivity contribution in [3.8, 4) is 0 Å². The summed E-state index contributed by atoms with van der Waals surface area (Å²) >= 11 is 3.28. The zero-order valence-corrected chi connectivity index (χ0v) is 13.0. The molecule has 1 amide bonds. The second-order valence-electron chi connectivity index (χ2n) is 6.01. The van der Waals surface area contributed by atoms with Crippen LogP contribution in [0.5, 0.6) is 0 Å². The van der Waals surface area contributed by atoms with Crippen molar-refractivity contribution in [1.82, 2.24) is 4.90 Å². The van der Waals surface area contributed by atoms with Crippen LogP contribution in [0.25, 0.3) is 0 Å². The second kappa shape index (κ2) is 5.61. The zero-order valence-electron chi connectivity index (χ0n) is 11.4. The van der Waals surface area contributed by atoms with Crippen LogP contribution in [0.2, 0.25) is 0 Å². The topological polar surface area (TPSA) is 20.3 Å². The minimum absolute atomic E-state index is 0.172. The Bertz CT molecular complexity index is 467. The van der Waals surface area contributed by atoms with Crippen LogP contribution in [0.15, 0.2) is 22.7 Å². The number of hydrogen-bond donors (Lipinski definition) is 0. The summed E-state index contributed by atoms with van der Waals surface area (Å²) in [4.78, 5) is 13.9. The predicted molar refractivity (Wildman–Crippen MR) is 77.1 cm³/mol. The number of carbonyl (C=O) groups is 1. The third-order valence-electron chi connectivity index (χ3n) is 3.72. The number of benzene rings is 1. The standard InChI is InChI=1S/C15H19BrFNO/c1-15(2)4-3-14(19)18(6-5-15)10-11-7-12(16)9-13(17)8-11/h7-9H,3-6,10H2,1-2H3. The second-order valence-corrected chi connectivity index (χ2v) is 6.92. The van der Waals surface area contributed by atoms with Crippen molar-refractivity contribution in [3.63, 3.8) is 0 Å². The van der Waals surface area contributed by atoms with Crippen molar-refractivity contribution in [3.05, 3.63) is 34.1 Å². The number of amides is 1. The molecule has 2 rings (SSSR count). The third-order valence-corrected chi connectivity index (χ3v) is 4.18. The Balaban J connectivity index is 2.11. The lowest BCUT2D eigenvalue weighted by atomic mass is 9.85. The molecule has 1 aliphatic rings. The Morgan fingerprint density at radius 2 is 2.05 bits per heavy atom. The Labute approximate surface area is 122 Å². The fourth-order valence-corrected chi connectivity index (χ4v) is 2.89. The van der Waals surface area contributed by atoms with Crippen LogP contribution in [0.4, 0.5) is 4.39 Å². The van der Waals surface area contributed by atoms with Gasteiger partial charge in [-0.2, -0.15) is 0 Å². The summed E-state index contributed by atoms with van der Waals surface area (Å²) in [5.74, 6) is -0.0991. The van der Waals surface area contributed by atoms with E-state index in [9.17, 15) is 9.18 Å². The molecular weight excluding hydrogens is 309 g/mol. The predicted octanol–water partition coefficient (Wildman–Crippen LogP) is 4.13. The summed E-state index contributed by atoms with van der Waals surface area (Å²) in [6, 6.07) is 4.79. The molecule has 104 valence electrons. The molecule has 1 aromatic rings. The lowest BCUT2D eigenvalue weighted by molar-refractivity contribution is -0.131. The van der Waals surface area contributed by atoms with Crippen molar-refractivity contribution in [2.24, 2.45) is 5.41 Å². The summed E-state index contributed by atoms with van der Waals surface area (Å²) < 4.78 is 14.1. The van der Waals surface area contributed by atoms with Gasteiger partial charge in [-0.05, 0) is 42.0 Å². The Morgan fingerprint density at radius 3 is 2.74 bits per heavy atom. The van der Waals surface area contributed by atoms with E-state index in [0.717, 1.165) is 24.9 Å². The normalized spacial score (nSPS) is 19.4. The van der Waals surface area contributed by atoms with Gasteiger partial charge in [-0.3, -0.25) is 4.79 Å². The van der Waals surface area contributed by atoms with Crippen molar-refractivity contribution >= 4 is 21.8 Å². The van der Waals surface area contributed by atoms with Crippen LogP contribution < -0.4 is 0 Å². The van der Waals surface area contributed by atoms with Gasteiger partial charge in [0.1, 0.15) is 5.82 Å². The van der Waals surface area contributed by atoms with Crippen LogP contribution in [0, 0.1) is 11.2 Å². The van der Waals surface area contributed by atoms with Gasteiger partial charge in [0.25, 0.3) is 0 Å². The van der Waals surface area contributed by atoms with Gasteiger partial charge in [-0.25, -0.2) is 4.39 Å². The molecule has 4 heteroatoms. The fourth-order valence-electron chi connectivity index (χ4n) is 2.38. The van der Waals surface area contributed by atoms with Crippen LogP contribution in [0.3, 0.4) is 0 Å². The summed E-state index contributed by atoms with van der Waals surface area (Å²) in [7, 11) is 0. The fraction of sp³-hybridized carbons (Fsp3) is 0.533. The average molecular weight is 328 g/mol. The Hall–Kier alpha value is -0.900. The Kier molecular flexibility index (Phi) is 4.29. The van der Waals surface area contributed by atoms with E-state index < -0.39 is 0 Å². The highest BCUT2D eigenvalue weighted by molar-refractivity contribution is 9.10. The Morgan fingerprint density at radius 1 is 1.32 bits per heavy atom. The van der Waals surface area contributed by atoms with Crippen molar-refractivity contribution in [2.75, 3.05) is 6.54 Å². The van der Waals surface area contributed by atoms with Gasteiger partial charge in [0.2, 0.25) is 5.91 Å². The summed E-state index contributed by atoms with van der Waals surface area (Å²) in [6.07, 6.45) is 2.51. The molecule has 0 bridgehead atoms. The van der Waals surface area contributed by atoms with Crippen LogP contribution >= 0.6 is 15.9 Å². The molecule has 2 nitrogen and oxygen atoms in total. The monoisotopic (exact) mass is 327 g/mol. The molecule has 1 saturated heterocycles. The van der Waals surface area contributed by atoms with E-state index in [1.165, 1.54) is 12.1 Å². The molecule has 0 saturated carbocycles. The minimum atomic E-state index is -0.271. The maximum Gasteiger partial charge on any atom is 0.222 e. The molecular formula is C15H19BrFNO. The van der Waals surface area contributed by atoms with Gasteiger partial charge in [0.15, 0.2) is 0 Å². The summed E-state index contributed by atoms with van der Waals surface area (Å²) in [6.45, 7) is 5.64. The van der Waals surface area contributed by atoms with Crippen LogP contribution in [-0.2, 0) is 11.3 Å². The van der Waals surface area contributed by atoms with Crippen molar-refractivity contribution in [1.29, 1.82) is 0 Å². The highest BCUT2D eigenvalue weighted by Gasteiger charge is 2.27. The maximum atomic E-state index is 13.3. The first-order valence-electron chi connectivity index (χ1n) is 6.58. The lowest BCUT2D eigenvalue weighted by Crippen LogP contribution is -2.30. The molecule has 0 aliphatic carbocycles. The van der Waals surface area contributed by atoms with Gasteiger partial charge >= 0.3 is 0 Å². The molecule has 0 radical (unpaired) electrons. The molecule has 0 N–H and O–H groups in total. The number of likely N-dealkylation sites (tertiary alicyclic amines) is 1. The molecule has 19 heavy (non-hydrogen) atoms. The van der Waals surface area contributed by atoms with E-state index in [1.54, 1.807) is 0 Å². The van der Waals surface area contributed by atoms with Gasteiger partial charge in [0.05, 0.1) is 0 Å². The van der Waals surface area contributed by atoms with Gasteiger partial charge in [-0.1, -0.05) is 29.8 Å². The van der Waals surface area contributed by atoms with E-state index in [2.05, 4.69) is 29.8 Å². The van der Waals surface area contributed by atoms with Crippen molar-refractivity contribution in [2.45, 2.75) is 39.7 Å². The summed E-state index contributed by atoms with van der Waals surface area (Å²) in [5, 5.41) is 0. The number of hydrogen-bond acceptors (Lipinski definition) is 1. The SMILES string of the molecule is CC1(C)CCC(=O)N(Cc2cc(F)cc(Br)c2)CC1. The number of nitrogens with zero attached hydrogens (tertiary/aromatic N) is 1. The molecule has 0 atom stereocenters. The molecule has 1 aromatic carbocycles. The van der Waals surface area contributed by atoms with E-state index in [1.807, 2.05) is 11.0 Å². The average Bonchev–Trinajstić information content (AvgIpc) is 2.41. The first kappa shape index (κ1) is 14.5. The lowest BCUT2D eigenvalue weighted by Gasteiger charge is -2.23. The van der Waals surface area contributed by atoms with Crippen LogP contribution in [0.1, 0.15) is 38.7 Å².